The number of aryl methyl sites for hydroxylation is 2. The average Bonchev–Trinajstić information content (AvgIpc) is 3.41. The number of hydrogen-bond acceptors (Lipinski definition) is 5. The maximum Gasteiger partial charge on any atom is 0.281 e. The molecule has 0 aliphatic carbocycles. The van der Waals surface area contributed by atoms with Gasteiger partial charge in [-0.2, -0.15) is 13.5 Å². The first-order chi connectivity index (χ1) is 14.3. The number of anilines is 2. The van der Waals surface area contributed by atoms with Gasteiger partial charge in [-0.05, 0) is 36.2 Å². The molecule has 0 amide bonds. The normalized spacial score (nSPS) is 13.8. The minimum Gasteiger partial charge on any atom is -0.374 e. The van der Waals surface area contributed by atoms with Crippen LogP contribution in [0.15, 0.2) is 53.8 Å². The third-order valence-electron chi connectivity index (χ3n) is 5.65. The minimum atomic E-state index is -3.79. The van der Waals surface area contributed by atoms with Crippen molar-refractivity contribution in [2.75, 3.05) is 23.2 Å². The summed E-state index contributed by atoms with van der Waals surface area (Å²) < 4.78 is 31.6. The summed E-state index contributed by atoms with van der Waals surface area (Å²) in [6, 6.07) is 11.6. The van der Waals surface area contributed by atoms with Gasteiger partial charge in [0, 0.05) is 56.7 Å². The van der Waals surface area contributed by atoms with Crippen LogP contribution in [-0.2, 0) is 30.5 Å². The Hall–Kier alpha value is -3.33. The Balaban J connectivity index is 1.59. The van der Waals surface area contributed by atoms with Gasteiger partial charge in [-0.25, -0.2) is 4.98 Å². The summed E-state index contributed by atoms with van der Waals surface area (Å²) in [4.78, 5) is 6.74. The average molecular weight is 423 g/mol. The largest absolute Gasteiger partial charge is 0.374 e. The predicted octanol–water partition coefficient (Wildman–Crippen LogP) is 2.77. The van der Waals surface area contributed by atoms with E-state index in [9.17, 15) is 8.42 Å². The molecule has 30 heavy (non-hydrogen) atoms. The minimum absolute atomic E-state index is 0.0206. The highest BCUT2D eigenvalue weighted by molar-refractivity contribution is 7.92. The van der Waals surface area contributed by atoms with Crippen molar-refractivity contribution in [2.24, 2.45) is 14.1 Å². The summed E-state index contributed by atoms with van der Waals surface area (Å²) in [6.07, 6.45) is 4.27. The van der Waals surface area contributed by atoms with Gasteiger partial charge < -0.3 is 9.47 Å². The van der Waals surface area contributed by atoms with Crippen LogP contribution in [0.25, 0.3) is 22.3 Å². The third kappa shape index (κ3) is 2.93. The molecule has 0 saturated heterocycles. The zero-order valence-electron chi connectivity index (χ0n) is 17.0. The van der Waals surface area contributed by atoms with E-state index in [-0.39, 0.29) is 5.03 Å². The lowest BCUT2D eigenvalue weighted by Gasteiger charge is -2.13. The lowest BCUT2D eigenvalue weighted by Crippen LogP contribution is -2.14. The molecule has 1 aliphatic rings. The van der Waals surface area contributed by atoms with Crippen molar-refractivity contribution in [2.45, 2.75) is 11.4 Å². The van der Waals surface area contributed by atoms with Gasteiger partial charge in [0.15, 0.2) is 5.03 Å². The molecule has 0 saturated carbocycles. The van der Waals surface area contributed by atoms with Crippen LogP contribution >= 0.6 is 0 Å². The maximum absolute atomic E-state index is 12.8. The Bertz CT molecular complexity index is 1390. The molecule has 4 aromatic rings. The zero-order valence-corrected chi connectivity index (χ0v) is 17.8. The van der Waals surface area contributed by atoms with Crippen molar-refractivity contribution >= 4 is 32.4 Å². The molecule has 4 heterocycles. The molecule has 1 aliphatic heterocycles. The number of sulfonamides is 1. The zero-order chi connectivity index (χ0) is 21.0. The van der Waals surface area contributed by atoms with Crippen molar-refractivity contribution in [1.82, 2.24) is 19.3 Å². The molecular formula is C21H22N6O2S. The molecular weight excluding hydrogens is 400 g/mol. The summed E-state index contributed by atoms with van der Waals surface area (Å²) in [7, 11) is 1.93. The second-order valence-electron chi connectivity index (χ2n) is 7.63. The lowest BCUT2D eigenvalue weighted by atomic mass is 10.1. The molecule has 9 heteroatoms. The number of benzene rings is 1. The number of fused-ring (bicyclic) bond motifs is 2. The Morgan fingerprint density at radius 3 is 2.67 bits per heavy atom. The number of aromatic nitrogens is 4. The van der Waals surface area contributed by atoms with E-state index in [0.717, 1.165) is 29.6 Å². The number of rotatable bonds is 4. The maximum atomic E-state index is 12.8. The first-order valence-corrected chi connectivity index (χ1v) is 11.1. The van der Waals surface area contributed by atoms with Gasteiger partial charge in [0.05, 0.1) is 11.4 Å². The summed E-state index contributed by atoms with van der Waals surface area (Å²) >= 11 is 0. The lowest BCUT2D eigenvalue weighted by molar-refractivity contribution is 0.593. The Kier molecular flexibility index (Phi) is 4.11. The van der Waals surface area contributed by atoms with Crippen LogP contribution in [0.5, 0.6) is 0 Å². The molecule has 0 radical (unpaired) electrons. The van der Waals surface area contributed by atoms with Gasteiger partial charge >= 0.3 is 0 Å². The monoisotopic (exact) mass is 422 g/mol. The van der Waals surface area contributed by atoms with Crippen LogP contribution in [0.4, 0.5) is 11.4 Å². The molecule has 0 unspecified atom stereocenters. The number of likely N-dealkylation sites (N-methyl/N-ethyl adjacent to an activating group) is 1. The van der Waals surface area contributed by atoms with Crippen LogP contribution in [0.2, 0.25) is 0 Å². The van der Waals surface area contributed by atoms with Crippen molar-refractivity contribution in [3.05, 3.63) is 54.4 Å². The van der Waals surface area contributed by atoms with Gasteiger partial charge in [0.1, 0.15) is 5.65 Å². The number of hydrogen-bond donors (Lipinski definition) is 1. The summed E-state index contributed by atoms with van der Waals surface area (Å²) in [5.41, 5.74) is 5.82. The number of nitrogens with one attached hydrogen (secondary N) is 1. The molecule has 8 nitrogen and oxygen atoms in total. The van der Waals surface area contributed by atoms with E-state index in [1.165, 1.54) is 22.0 Å². The quantitative estimate of drug-likeness (QED) is 0.547. The van der Waals surface area contributed by atoms with E-state index in [0.29, 0.717) is 11.3 Å². The highest BCUT2D eigenvalue weighted by Crippen LogP contribution is 2.35. The molecule has 0 fully saturated rings. The number of pyridine rings is 1. The molecule has 3 aromatic heterocycles. The summed E-state index contributed by atoms with van der Waals surface area (Å²) in [5.74, 6) is 0. The highest BCUT2D eigenvalue weighted by atomic mass is 32.2. The fraction of sp³-hybridized carbons (Fsp3) is 0.238. The van der Waals surface area contributed by atoms with Gasteiger partial charge in [-0.15, -0.1) is 0 Å². The second kappa shape index (κ2) is 6.60. The van der Waals surface area contributed by atoms with Gasteiger partial charge in [-0.3, -0.25) is 9.40 Å². The fourth-order valence-corrected chi connectivity index (χ4v) is 5.07. The van der Waals surface area contributed by atoms with E-state index in [1.807, 2.05) is 17.7 Å². The predicted molar refractivity (Wildman–Crippen MR) is 117 cm³/mol. The second-order valence-corrected chi connectivity index (χ2v) is 9.26. The Morgan fingerprint density at radius 1 is 1.07 bits per heavy atom. The van der Waals surface area contributed by atoms with Crippen molar-refractivity contribution in [3.63, 3.8) is 0 Å². The van der Waals surface area contributed by atoms with E-state index >= 15 is 0 Å². The topological polar surface area (TPSA) is 85.1 Å². The first kappa shape index (κ1) is 18.7. The third-order valence-corrected chi connectivity index (χ3v) is 6.90. The molecule has 0 atom stereocenters. The first-order valence-electron chi connectivity index (χ1n) is 9.65. The molecule has 0 bridgehead atoms. The standard InChI is InChI=1S/C21H22N6O2S/c1-25-10-7-14-4-5-15(12-18(14)25)19-13-16-17(6-9-22-21(16)27(19)3)24-30(28,29)20-8-11-26(2)23-20/h4-6,8-9,11-13H,7,10H2,1-3H3,(H,22,24). The van der Waals surface area contributed by atoms with Gasteiger partial charge in [0.25, 0.3) is 10.0 Å². The van der Waals surface area contributed by atoms with E-state index in [4.69, 9.17) is 0 Å². The Labute approximate surface area is 174 Å². The van der Waals surface area contributed by atoms with Gasteiger partial charge in [0.2, 0.25) is 0 Å². The van der Waals surface area contributed by atoms with Crippen molar-refractivity contribution in [1.29, 1.82) is 0 Å². The van der Waals surface area contributed by atoms with Crippen LogP contribution in [-0.4, -0.2) is 41.3 Å². The molecule has 5 rings (SSSR count). The SMILES string of the molecule is CN1CCc2ccc(-c3cc4c(NS(=O)(=O)c5ccn(C)n5)ccnc4n3C)cc21. The molecule has 1 N–H and O–H groups in total. The summed E-state index contributed by atoms with van der Waals surface area (Å²) in [6.45, 7) is 1.02. The van der Waals surface area contributed by atoms with Crippen molar-refractivity contribution < 1.29 is 8.42 Å². The van der Waals surface area contributed by atoms with Crippen LogP contribution < -0.4 is 9.62 Å². The van der Waals surface area contributed by atoms with E-state index in [2.05, 4.69) is 45.0 Å². The molecule has 0 spiro atoms. The Morgan fingerprint density at radius 2 is 1.90 bits per heavy atom. The fourth-order valence-electron chi connectivity index (χ4n) is 4.02. The smallest absolute Gasteiger partial charge is 0.281 e. The van der Waals surface area contributed by atoms with Crippen molar-refractivity contribution in [3.8, 4) is 11.3 Å². The number of nitrogens with zero attached hydrogens (tertiary/aromatic N) is 5. The van der Waals surface area contributed by atoms with Gasteiger partial charge in [-0.1, -0.05) is 12.1 Å². The van der Waals surface area contributed by atoms with Crippen LogP contribution in [0.3, 0.4) is 0 Å². The highest BCUT2D eigenvalue weighted by Gasteiger charge is 2.21. The molecule has 1 aromatic carbocycles. The van der Waals surface area contributed by atoms with Crippen LogP contribution in [0.1, 0.15) is 5.56 Å². The molecule has 154 valence electrons. The van der Waals surface area contributed by atoms with E-state index < -0.39 is 10.0 Å². The summed E-state index contributed by atoms with van der Waals surface area (Å²) in [5, 5.41) is 4.73. The van der Waals surface area contributed by atoms with Crippen LogP contribution in [0, 0.1) is 0 Å². The van der Waals surface area contributed by atoms with E-state index in [1.54, 1.807) is 25.5 Å².